The molecule has 2 unspecified atom stereocenters. The van der Waals surface area contributed by atoms with Crippen molar-refractivity contribution in [1.29, 1.82) is 0 Å². The van der Waals surface area contributed by atoms with E-state index in [-0.39, 0.29) is 29.2 Å². The van der Waals surface area contributed by atoms with Crippen LogP contribution in [0.5, 0.6) is 0 Å². The molecule has 1 aromatic heterocycles. The summed E-state index contributed by atoms with van der Waals surface area (Å²) >= 11 is 0. The number of nitrogens with zero attached hydrogens (tertiary/aromatic N) is 3. The predicted molar refractivity (Wildman–Crippen MR) is 106 cm³/mol. The molecule has 3 rings (SSSR count). The maximum Gasteiger partial charge on any atom is 0.252 e. The van der Waals surface area contributed by atoms with E-state index >= 15 is 0 Å². The molecule has 12 heteroatoms. The van der Waals surface area contributed by atoms with Crippen LogP contribution in [0.4, 0.5) is 0 Å². The van der Waals surface area contributed by atoms with Gasteiger partial charge < -0.3 is 15.4 Å². The number of nitrogens with one attached hydrogen (secondary N) is 2. The van der Waals surface area contributed by atoms with Crippen LogP contribution in [0.25, 0.3) is 5.69 Å². The number of hydrogen-bond donors (Lipinski definition) is 3. The number of carbonyl (C=O) groups is 2. The molecule has 0 radical (unpaired) electrons. The van der Waals surface area contributed by atoms with E-state index in [2.05, 4.69) is 20.9 Å². The molecule has 0 bridgehead atoms. The molecule has 1 saturated heterocycles. The molecule has 1 aromatic carbocycles. The Hall–Kier alpha value is -2.83. The van der Waals surface area contributed by atoms with Gasteiger partial charge >= 0.3 is 0 Å². The summed E-state index contributed by atoms with van der Waals surface area (Å²) in [7, 11) is -3.77. The van der Waals surface area contributed by atoms with Crippen LogP contribution in [-0.2, 0) is 30.9 Å². The summed E-state index contributed by atoms with van der Waals surface area (Å²) in [6, 6.07) is 5.17. The average Bonchev–Trinajstić information content (AvgIpc) is 3.43. The van der Waals surface area contributed by atoms with E-state index in [9.17, 15) is 18.0 Å². The summed E-state index contributed by atoms with van der Waals surface area (Å²) in [4.78, 5) is 24.5. The van der Waals surface area contributed by atoms with E-state index < -0.39 is 22.2 Å². The molecule has 1 aliphatic heterocycles. The Morgan fingerprint density at radius 1 is 1.30 bits per heavy atom. The van der Waals surface area contributed by atoms with E-state index in [4.69, 9.17) is 9.88 Å². The zero-order valence-electron chi connectivity index (χ0n) is 16.6. The summed E-state index contributed by atoms with van der Waals surface area (Å²) in [5, 5.41) is 18.5. The Morgan fingerprint density at radius 2 is 1.97 bits per heavy atom. The van der Waals surface area contributed by atoms with Crippen LogP contribution in [0.15, 0.2) is 35.4 Å². The standard InChI is InChI=1S/C18H24N6O5S/c1-11(2)7-15(21-18(26)16-10-29-16)17(25)20-8-12-9-24(23-22-12)13-3-5-14(6-4-13)30(19,27)28/h3-6,9,11,15-16H,7-8,10H2,1-2H3,(H,20,25)(H,21,26)(H2,19,27,28). The second kappa shape index (κ2) is 8.90. The van der Waals surface area contributed by atoms with E-state index in [0.29, 0.717) is 24.4 Å². The monoisotopic (exact) mass is 436 g/mol. The van der Waals surface area contributed by atoms with Crippen molar-refractivity contribution >= 4 is 21.8 Å². The number of carbonyl (C=O) groups excluding carboxylic acids is 2. The van der Waals surface area contributed by atoms with Crippen molar-refractivity contribution in [1.82, 2.24) is 25.6 Å². The Kier molecular flexibility index (Phi) is 6.48. The Morgan fingerprint density at radius 3 is 2.53 bits per heavy atom. The van der Waals surface area contributed by atoms with Crippen molar-refractivity contribution in [3.8, 4) is 5.69 Å². The number of benzene rings is 1. The summed E-state index contributed by atoms with van der Waals surface area (Å²) in [5.74, 6) is -0.392. The molecular weight excluding hydrogens is 412 g/mol. The molecule has 0 aliphatic carbocycles. The Labute approximate surface area is 174 Å². The largest absolute Gasteiger partial charge is 0.363 e. The second-order valence-electron chi connectivity index (χ2n) is 7.42. The zero-order chi connectivity index (χ0) is 21.9. The number of ether oxygens (including phenoxy) is 1. The third-order valence-electron chi connectivity index (χ3n) is 4.38. The van der Waals surface area contributed by atoms with Crippen LogP contribution in [0, 0.1) is 5.92 Å². The topological polar surface area (TPSA) is 162 Å². The van der Waals surface area contributed by atoms with Crippen molar-refractivity contribution in [2.24, 2.45) is 11.1 Å². The molecule has 11 nitrogen and oxygen atoms in total. The molecule has 4 N–H and O–H groups in total. The number of sulfonamides is 1. The minimum atomic E-state index is -3.77. The molecule has 2 heterocycles. The third-order valence-corrected chi connectivity index (χ3v) is 5.31. The molecule has 2 aromatic rings. The Bertz CT molecular complexity index is 1010. The molecular formula is C18H24N6O5S. The third kappa shape index (κ3) is 5.84. The number of rotatable bonds is 9. The first-order valence-electron chi connectivity index (χ1n) is 9.37. The van der Waals surface area contributed by atoms with Gasteiger partial charge in [-0.1, -0.05) is 19.1 Å². The lowest BCUT2D eigenvalue weighted by atomic mass is 10.0. The second-order valence-corrected chi connectivity index (χ2v) is 8.99. The van der Waals surface area contributed by atoms with E-state index in [0.717, 1.165) is 0 Å². The van der Waals surface area contributed by atoms with Gasteiger partial charge in [-0.25, -0.2) is 18.2 Å². The first kappa shape index (κ1) is 21.9. The van der Waals surface area contributed by atoms with Crippen LogP contribution >= 0.6 is 0 Å². The first-order chi connectivity index (χ1) is 14.1. The van der Waals surface area contributed by atoms with Crippen molar-refractivity contribution < 1.29 is 22.7 Å². The minimum absolute atomic E-state index is 0.00584. The zero-order valence-corrected chi connectivity index (χ0v) is 17.4. The van der Waals surface area contributed by atoms with Gasteiger partial charge in [0, 0.05) is 0 Å². The summed E-state index contributed by atoms with van der Waals surface area (Å²) in [6.07, 6.45) is 1.64. The van der Waals surface area contributed by atoms with Crippen LogP contribution < -0.4 is 15.8 Å². The van der Waals surface area contributed by atoms with E-state index in [1.54, 1.807) is 18.3 Å². The fourth-order valence-corrected chi connectivity index (χ4v) is 3.28. The van der Waals surface area contributed by atoms with Gasteiger partial charge in [-0.2, -0.15) is 0 Å². The lowest BCUT2D eigenvalue weighted by Gasteiger charge is -2.19. The normalized spacial score (nSPS) is 16.9. The van der Waals surface area contributed by atoms with Crippen molar-refractivity contribution in [2.45, 2.75) is 43.9 Å². The molecule has 30 heavy (non-hydrogen) atoms. The number of epoxide rings is 1. The van der Waals surface area contributed by atoms with Crippen molar-refractivity contribution in [2.75, 3.05) is 6.61 Å². The first-order valence-corrected chi connectivity index (χ1v) is 10.9. The average molecular weight is 436 g/mol. The van der Waals surface area contributed by atoms with Gasteiger partial charge in [-0.15, -0.1) is 5.10 Å². The predicted octanol–water partition coefficient (Wildman–Crippen LogP) is -0.539. The van der Waals surface area contributed by atoms with Gasteiger partial charge in [0.25, 0.3) is 5.91 Å². The highest BCUT2D eigenvalue weighted by molar-refractivity contribution is 7.89. The van der Waals surface area contributed by atoms with Crippen LogP contribution in [-0.4, -0.2) is 54.0 Å². The van der Waals surface area contributed by atoms with Crippen LogP contribution in [0.3, 0.4) is 0 Å². The molecule has 0 spiro atoms. The quantitative estimate of drug-likeness (QED) is 0.445. The maximum absolute atomic E-state index is 12.5. The van der Waals surface area contributed by atoms with Crippen molar-refractivity contribution in [3.63, 3.8) is 0 Å². The SMILES string of the molecule is CC(C)CC(NC(=O)C1CO1)C(=O)NCc1cn(-c2ccc(S(N)(=O)=O)cc2)nn1. The number of aromatic nitrogens is 3. The van der Waals surface area contributed by atoms with Gasteiger partial charge in [0.2, 0.25) is 15.9 Å². The fourth-order valence-electron chi connectivity index (χ4n) is 2.76. The van der Waals surface area contributed by atoms with Crippen molar-refractivity contribution in [3.05, 3.63) is 36.2 Å². The highest BCUT2D eigenvalue weighted by Gasteiger charge is 2.34. The maximum atomic E-state index is 12.5. The molecule has 2 amide bonds. The summed E-state index contributed by atoms with van der Waals surface area (Å²) < 4.78 is 29.1. The Balaban J connectivity index is 1.60. The summed E-state index contributed by atoms with van der Waals surface area (Å²) in [6.45, 7) is 4.43. The molecule has 2 atom stereocenters. The minimum Gasteiger partial charge on any atom is -0.363 e. The van der Waals surface area contributed by atoms with Gasteiger partial charge in [-0.3, -0.25) is 9.59 Å². The van der Waals surface area contributed by atoms with Gasteiger partial charge in [0.1, 0.15) is 11.7 Å². The number of primary sulfonamides is 1. The number of amides is 2. The van der Waals surface area contributed by atoms with Crippen LogP contribution in [0.1, 0.15) is 26.0 Å². The fraction of sp³-hybridized carbons (Fsp3) is 0.444. The number of nitrogens with two attached hydrogens (primary N) is 1. The highest BCUT2D eigenvalue weighted by atomic mass is 32.2. The lowest BCUT2D eigenvalue weighted by Crippen LogP contribution is -2.48. The lowest BCUT2D eigenvalue weighted by molar-refractivity contribution is -0.130. The van der Waals surface area contributed by atoms with E-state index in [1.165, 1.54) is 16.8 Å². The summed E-state index contributed by atoms with van der Waals surface area (Å²) in [5.41, 5.74) is 1.08. The highest BCUT2D eigenvalue weighted by Crippen LogP contribution is 2.13. The smallest absolute Gasteiger partial charge is 0.252 e. The van der Waals surface area contributed by atoms with E-state index in [1.807, 2.05) is 13.8 Å². The molecule has 162 valence electrons. The van der Waals surface area contributed by atoms with Gasteiger partial charge in [-0.05, 0) is 36.6 Å². The van der Waals surface area contributed by atoms with Gasteiger partial charge in [0.15, 0.2) is 6.10 Å². The molecule has 1 fully saturated rings. The number of hydrogen-bond acceptors (Lipinski definition) is 7. The molecule has 0 saturated carbocycles. The van der Waals surface area contributed by atoms with Crippen LogP contribution in [0.2, 0.25) is 0 Å². The molecule has 1 aliphatic rings. The van der Waals surface area contributed by atoms with Gasteiger partial charge in [0.05, 0.1) is 29.9 Å².